The topological polar surface area (TPSA) is 87.3 Å². The van der Waals surface area contributed by atoms with E-state index in [9.17, 15) is 4.79 Å². The molecule has 0 spiro atoms. The van der Waals surface area contributed by atoms with Gasteiger partial charge in [-0.2, -0.15) is 9.97 Å². The summed E-state index contributed by atoms with van der Waals surface area (Å²) in [6.07, 6.45) is 1.33. The summed E-state index contributed by atoms with van der Waals surface area (Å²) in [6.45, 7) is 0. The summed E-state index contributed by atoms with van der Waals surface area (Å²) < 4.78 is 9.54. The molecule has 70 valence electrons. The number of hydrogen-bond donors (Lipinski definition) is 1. The van der Waals surface area contributed by atoms with Crippen molar-refractivity contribution in [2.75, 3.05) is 14.2 Å². The van der Waals surface area contributed by atoms with Gasteiger partial charge in [-0.05, 0) is 0 Å². The van der Waals surface area contributed by atoms with Crippen molar-refractivity contribution in [3.8, 4) is 11.8 Å². The van der Waals surface area contributed by atoms with Crippen LogP contribution in [0, 0.1) is 0 Å². The Bertz CT molecular complexity index is 327. The number of aromatic nitrogens is 2. The number of methoxy groups -OCH3 is 2. The van der Waals surface area contributed by atoms with Crippen LogP contribution in [0.5, 0.6) is 11.8 Å². The summed E-state index contributed by atoms with van der Waals surface area (Å²) in [5.74, 6) is -0.453. The van der Waals surface area contributed by atoms with Crippen molar-refractivity contribution in [2.45, 2.75) is 0 Å². The van der Waals surface area contributed by atoms with Gasteiger partial charge in [0.25, 0.3) is 5.91 Å². The first-order chi connectivity index (χ1) is 6.19. The van der Waals surface area contributed by atoms with E-state index in [0.29, 0.717) is 0 Å². The molecule has 6 nitrogen and oxygen atoms in total. The van der Waals surface area contributed by atoms with Crippen LogP contribution in [0.2, 0.25) is 0 Å². The SMILES string of the molecule is COc1ncc(OC)c(C(N)=O)n1. The van der Waals surface area contributed by atoms with Crippen molar-refractivity contribution in [1.82, 2.24) is 9.97 Å². The highest BCUT2D eigenvalue weighted by molar-refractivity contribution is 5.93. The van der Waals surface area contributed by atoms with E-state index in [2.05, 4.69) is 9.97 Å². The van der Waals surface area contributed by atoms with Crippen LogP contribution in [0.4, 0.5) is 0 Å². The second-order valence-electron chi connectivity index (χ2n) is 2.14. The van der Waals surface area contributed by atoms with Gasteiger partial charge in [-0.25, -0.2) is 0 Å². The van der Waals surface area contributed by atoms with Gasteiger partial charge < -0.3 is 15.2 Å². The van der Waals surface area contributed by atoms with E-state index < -0.39 is 5.91 Å². The number of nitrogens with two attached hydrogens (primary N) is 1. The predicted molar refractivity (Wildman–Crippen MR) is 43.7 cm³/mol. The molecule has 0 fully saturated rings. The molecule has 1 amide bonds. The second kappa shape index (κ2) is 3.70. The molecule has 0 aliphatic heterocycles. The summed E-state index contributed by atoms with van der Waals surface area (Å²) in [5, 5.41) is 0. The molecule has 1 heterocycles. The average Bonchev–Trinajstić information content (AvgIpc) is 2.16. The predicted octanol–water partition coefficient (Wildman–Crippen LogP) is -0.407. The molecule has 1 rings (SSSR count). The molecule has 2 N–H and O–H groups in total. The Morgan fingerprint density at radius 2 is 2.15 bits per heavy atom. The van der Waals surface area contributed by atoms with Crippen LogP contribution in [-0.4, -0.2) is 30.1 Å². The van der Waals surface area contributed by atoms with Crippen molar-refractivity contribution >= 4 is 5.91 Å². The molecule has 0 saturated heterocycles. The van der Waals surface area contributed by atoms with Gasteiger partial charge in [-0.1, -0.05) is 0 Å². The number of amides is 1. The quantitative estimate of drug-likeness (QED) is 0.688. The summed E-state index contributed by atoms with van der Waals surface area (Å²) in [4.78, 5) is 18.3. The Morgan fingerprint density at radius 1 is 1.46 bits per heavy atom. The molecular formula is C7H9N3O3. The molecule has 13 heavy (non-hydrogen) atoms. The van der Waals surface area contributed by atoms with E-state index in [1.807, 2.05) is 0 Å². The van der Waals surface area contributed by atoms with Crippen LogP contribution in [-0.2, 0) is 0 Å². The van der Waals surface area contributed by atoms with Crippen LogP contribution in [0.3, 0.4) is 0 Å². The molecule has 0 saturated carbocycles. The molecule has 0 unspecified atom stereocenters. The first-order valence-electron chi connectivity index (χ1n) is 3.44. The van der Waals surface area contributed by atoms with Gasteiger partial charge in [0.15, 0.2) is 11.4 Å². The third-order valence-electron chi connectivity index (χ3n) is 1.37. The molecule has 1 aromatic rings. The van der Waals surface area contributed by atoms with Crippen LogP contribution in [0.15, 0.2) is 6.20 Å². The lowest BCUT2D eigenvalue weighted by atomic mass is 10.3. The van der Waals surface area contributed by atoms with Gasteiger partial charge in [0, 0.05) is 0 Å². The average molecular weight is 183 g/mol. The third-order valence-corrected chi connectivity index (χ3v) is 1.37. The van der Waals surface area contributed by atoms with Crippen molar-refractivity contribution in [2.24, 2.45) is 5.73 Å². The van der Waals surface area contributed by atoms with E-state index in [1.54, 1.807) is 0 Å². The standard InChI is InChI=1S/C7H9N3O3/c1-12-4-3-9-7(13-2)10-5(4)6(8)11/h3H,1-2H3,(H2,8,11). The largest absolute Gasteiger partial charge is 0.493 e. The van der Waals surface area contributed by atoms with E-state index in [-0.39, 0.29) is 17.5 Å². The molecule has 0 aliphatic carbocycles. The monoisotopic (exact) mass is 183 g/mol. The third kappa shape index (κ3) is 1.84. The molecule has 0 aliphatic rings. The lowest BCUT2D eigenvalue weighted by Crippen LogP contribution is -2.15. The Balaban J connectivity index is 3.18. The number of carbonyl (C=O) groups is 1. The van der Waals surface area contributed by atoms with Gasteiger partial charge in [0.05, 0.1) is 20.4 Å². The van der Waals surface area contributed by atoms with Crippen molar-refractivity contribution < 1.29 is 14.3 Å². The fourth-order valence-electron chi connectivity index (χ4n) is 0.779. The Labute approximate surface area is 74.7 Å². The fourth-order valence-corrected chi connectivity index (χ4v) is 0.779. The summed E-state index contributed by atoms with van der Waals surface area (Å²) in [7, 11) is 2.80. The highest BCUT2D eigenvalue weighted by Gasteiger charge is 2.12. The molecule has 0 aromatic carbocycles. The van der Waals surface area contributed by atoms with Crippen LogP contribution in [0.1, 0.15) is 10.5 Å². The zero-order valence-electron chi connectivity index (χ0n) is 7.27. The zero-order chi connectivity index (χ0) is 9.84. The van der Waals surface area contributed by atoms with Gasteiger partial charge in [0.1, 0.15) is 0 Å². The summed E-state index contributed by atoms with van der Waals surface area (Å²) in [5.41, 5.74) is 5.06. The number of ether oxygens (including phenoxy) is 2. The number of carbonyl (C=O) groups excluding carboxylic acids is 1. The molecule has 0 atom stereocenters. The van der Waals surface area contributed by atoms with Gasteiger partial charge >= 0.3 is 6.01 Å². The minimum Gasteiger partial charge on any atom is -0.493 e. The van der Waals surface area contributed by atoms with Crippen LogP contribution >= 0.6 is 0 Å². The Morgan fingerprint density at radius 3 is 2.62 bits per heavy atom. The summed E-state index contributed by atoms with van der Waals surface area (Å²) in [6, 6.07) is 0.0783. The molecule has 0 bridgehead atoms. The first kappa shape index (κ1) is 9.24. The van der Waals surface area contributed by atoms with E-state index in [4.69, 9.17) is 15.2 Å². The minimum absolute atomic E-state index is 0.00866. The fraction of sp³-hybridized carbons (Fsp3) is 0.286. The van der Waals surface area contributed by atoms with Crippen molar-refractivity contribution in [3.63, 3.8) is 0 Å². The van der Waals surface area contributed by atoms with Gasteiger partial charge in [0.2, 0.25) is 0 Å². The number of nitrogens with zero attached hydrogens (tertiary/aromatic N) is 2. The van der Waals surface area contributed by atoms with Crippen LogP contribution < -0.4 is 15.2 Å². The maximum absolute atomic E-state index is 10.8. The Hall–Kier alpha value is -1.85. The number of hydrogen-bond acceptors (Lipinski definition) is 5. The zero-order valence-corrected chi connectivity index (χ0v) is 7.27. The van der Waals surface area contributed by atoms with E-state index in [0.717, 1.165) is 0 Å². The van der Waals surface area contributed by atoms with Gasteiger partial charge in [-0.15, -0.1) is 0 Å². The maximum Gasteiger partial charge on any atom is 0.317 e. The second-order valence-corrected chi connectivity index (χ2v) is 2.14. The molecule has 0 radical (unpaired) electrons. The minimum atomic E-state index is -0.683. The lowest BCUT2D eigenvalue weighted by Gasteiger charge is -2.04. The number of primary amides is 1. The first-order valence-corrected chi connectivity index (χ1v) is 3.44. The lowest BCUT2D eigenvalue weighted by molar-refractivity contribution is 0.0991. The normalized spacial score (nSPS) is 9.38. The van der Waals surface area contributed by atoms with Crippen molar-refractivity contribution in [1.29, 1.82) is 0 Å². The molecule has 6 heteroatoms. The highest BCUT2D eigenvalue weighted by Crippen LogP contribution is 2.15. The molecule has 1 aromatic heterocycles. The highest BCUT2D eigenvalue weighted by atomic mass is 16.5. The van der Waals surface area contributed by atoms with E-state index >= 15 is 0 Å². The Kier molecular flexibility index (Phi) is 2.63. The number of rotatable bonds is 3. The van der Waals surface area contributed by atoms with Crippen molar-refractivity contribution in [3.05, 3.63) is 11.9 Å². The van der Waals surface area contributed by atoms with Gasteiger partial charge in [-0.3, -0.25) is 4.79 Å². The van der Waals surface area contributed by atoms with Crippen LogP contribution in [0.25, 0.3) is 0 Å². The van der Waals surface area contributed by atoms with E-state index in [1.165, 1.54) is 20.4 Å². The smallest absolute Gasteiger partial charge is 0.317 e. The summed E-state index contributed by atoms with van der Waals surface area (Å²) >= 11 is 0. The molecular weight excluding hydrogens is 174 g/mol. The maximum atomic E-state index is 10.8.